The number of nitrogens with one attached hydrogen (secondary N) is 2. The van der Waals surface area contributed by atoms with Gasteiger partial charge in [0.1, 0.15) is 0 Å². The molecule has 0 saturated carbocycles. The largest absolute Gasteiger partial charge is 0.490 e. The molecule has 0 saturated heterocycles. The van der Waals surface area contributed by atoms with Crippen molar-refractivity contribution in [2.24, 2.45) is 0 Å². The predicted octanol–water partition coefficient (Wildman–Crippen LogP) is 3.12. The first-order valence-corrected chi connectivity index (χ1v) is 8.72. The minimum Gasteiger partial charge on any atom is -0.490 e. The van der Waals surface area contributed by atoms with Crippen LogP contribution in [0.5, 0.6) is 17.2 Å². The maximum absolute atomic E-state index is 12.3. The number of rotatable bonds is 10. The van der Waals surface area contributed by atoms with Crippen LogP contribution in [0.2, 0.25) is 0 Å². The van der Waals surface area contributed by atoms with E-state index in [2.05, 4.69) is 10.6 Å². The van der Waals surface area contributed by atoms with Gasteiger partial charge in [-0.05, 0) is 39.3 Å². The van der Waals surface area contributed by atoms with E-state index in [0.29, 0.717) is 43.6 Å². The van der Waals surface area contributed by atoms with E-state index in [0.717, 1.165) is 12.8 Å². The lowest BCUT2D eigenvalue weighted by Crippen LogP contribution is -2.39. The zero-order chi connectivity index (χ0) is 18.7. The molecule has 0 unspecified atom stereocenters. The third-order valence-electron chi connectivity index (χ3n) is 3.21. The molecule has 0 bridgehead atoms. The molecule has 0 aliphatic carbocycles. The van der Waals surface area contributed by atoms with Crippen LogP contribution in [-0.4, -0.2) is 38.3 Å². The van der Waals surface area contributed by atoms with Crippen LogP contribution in [0.15, 0.2) is 12.1 Å². The normalized spacial score (nSPS) is 10.1. The number of benzene rings is 1. The van der Waals surface area contributed by atoms with E-state index in [1.807, 2.05) is 27.7 Å². The molecule has 25 heavy (non-hydrogen) atoms. The number of carbonyl (C=O) groups excluding carboxylic acids is 2. The van der Waals surface area contributed by atoms with Crippen molar-refractivity contribution in [3.05, 3.63) is 17.7 Å². The summed E-state index contributed by atoms with van der Waals surface area (Å²) in [5.41, 5.74) is 0.265. The Morgan fingerprint density at radius 3 is 1.96 bits per heavy atom. The molecule has 7 nitrogen and oxygen atoms in total. The maximum Gasteiger partial charge on any atom is 0.321 e. The topological polar surface area (TPSA) is 85.9 Å². The van der Waals surface area contributed by atoms with E-state index in [4.69, 9.17) is 14.2 Å². The number of urea groups is 1. The average molecular weight is 352 g/mol. The number of amides is 3. The second kappa shape index (κ2) is 11.2. The van der Waals surface area contributed by atoms with Crippen LogP contribution in [-0.2, 0) is 0 Å². The zero-order valence-electron chi connectivity index (χ0n) is 15.4. The molecule has 0 radical (unpaired) electrons. The van der Waals surface area contributed by atoms with Gasteiger partial charge in [0.2, 0.25) is 5.75 Å². The summed E-state index contributed by atoms with van der Waals surface area (Å²) in [7, 11) is 0. The molecule has 0 fully saturated rings. The van der Waals surface area contributed by atoms with Crippen molar-refractivity contribution in [3.63, 3.8) is 0 Å². The fourth-order valence-corrected chi connectivity index (χ4v) is 2.12. The van der Waals surface area contributed by atoms with Gasteiger partial charge in [-0.25, -0.2) is 4.79 Å². The lowest BCUT2D eigenvalue weighted by molar-refractivity contribution is 0.0963. The third kappa shape index (κ3) is 6.52. The summed E-state index contributed by atoms with van der Waals surface area (Å²) in [4.78, 5) is 24.1. The molecule has 1 aromatic rings. The highest BCUT2D eigenvalue weighted by molar-refractivity contribution is 6.04. The van der Waals surface area contributed by atoms with Gasteiger partial charge in [-0.3, -0.25) is 10.1 Å². The van der Waals surface area contributed by atoms with Crippen LogP contribution in [0.1, 0.15) is 50.9 Å². The number of unbranched alkanes of at least 4 members (excludes halogenated alkanes) is 1. The molecule has 2 N–H and O–H groups in total. The second-order valence-electron chi connectivity index (χ2n) is 5.16. The first-order valence-electron chi connectivity index (χ1n) is 8.72. The molecule has 7 heteroatoms. The van der Waals surface area contributed by atoms with Gasteiger partial charge >= 0.3 is 6.03 Å². The molecule has 0 aromatic heterocycles. The summed E-state index contributed by atoms with van der Waals surface area (Å²) in [6, 6.07) is 2.57. The first kappa shape index (κ1) is 20.6. The highest BCUT2D eigenvalue weighted by atomic mass is 16.5. The van der Waals surface area contributed by atoms with Gasteiger partial charge in [-0.15, -0.1) is 0 Å². The Labute approximate surface area is 149 Å². The number of hydrogen-bond acceptors (Lipinski definition) is 5. The zero-order valence-corrected chi connectivity index (χ0v) is 15.4. The first-order chi connectivity index (χ1) is 12.1. The molecule has 3 amide bonds. The smallest absolute Gasteiger partial charge is 0.321 e. The molecule has 0 aliphatic rings. The Kier molecular flexibility index (Phi) is 9.21. The van der Waals surface area contributed by atoms with Crippen molar-refractivity contribution in [1.82, 2.24) is 10.6 Å². The van der Waals surface area contributed by atoms with Crippen LogP contribution in [0.4, 0.5) is 4.79 Å². The van der Waals surface area contributed by atoms with E-state index in [1.165, 1.54) is 0 Å². The lowest BCUT2D eigenvalue weighted by atomic mass is 10.1. The third-order valence-corrected chi connectivity index (χ3v) is 3.21. The SMILES string of the molecule is CCCCNC(=O)NC(=O)c1cc(OCC)c(OCC)c(OCC)c1. The monoisotopic (exact) mass is 352 g/mol. The Bertz CT molecular complexity index is 548. The van der Waals surface area contributed by atoms with Crippen LogP contribution in [0.25, 0.3) is 0 Å². The maximum atomic E-state index is 12.3. The summed E-state index contributed by atoms with van der Waals surface area (Å²) in [5, 5.41) is 4.94. The second-order valence-corrected chi connectivity index (χ2v) is 5.16. The molecule has 0 heterocycles. The minimum absolute atomic E-state index is 0.265. The Morgan fingerprint density at radius 1 is 0.920 bits per heavy atom. The van der Waals surface area contributed by atoms with Gasteiger partial charge in [0.05, 0.1) is 19.8 Å². The van der Waals surface area contributed by atoms with E-state index >= 15 is 0 Å². The fourth-order valence-electron chi connectivity index (χ4n) is 2.12. The summed E-state index contributed by atoms with van der Waals surface area (Å²) >= 11 is 0. The van der Waals surface area contributed by atoms with Crippen molar-refractivity contribution in [2.75, 3.05) is 26.4 Å². The molecule has 0 spiro atoms. The molecule has 1 rings (SSSR count). The van der Waals surface area contributed by atoms with E-state index in [1.54, 1.807) is 12.1 Å². The molecule has 0 aliphatic heterocycles. The summed E-state index contributed by atoms with van der Waals surface area (Å²) in [6.45, 7) is 9.33. The summed E-state index contributed by atoms with van der Waals surface area (Å²) in [5.74, 6) is 0.743. The summed E-state index contributed by atoms with van der Waals surface area (Å²) in [6.07, 6.45) is 1.82. The Hall–Kier alpha value is -2.44. The van der Waals surface area contributed by atoms with Crippen molar-refractivity contribution < 1.29 is 23.8 Å². The number of carbonyl (C=O) groups is 2. The number of ether oxygens (including phenoxy) is 3. The van der Waals surface area contributed by atoms with E-state index < -0.39 is 11.9 Å². The van der Waals surface area contributed by atoms with E-state index in [9.17, 15) is 9.59 Å². The van der Waals surface area contributed by atoms with Crippen molar-refractivity contribution in [3.8, 4) is 17.2 Å². The molecule has 140 valence electrons. The Morgan fingerprint density at radius 2 is 1.48 bits per heavy atom. The van der Waals surface area contributed by atoms with Gasteiger partial charge in [0.25, 0.3) is 5.91 Å². The molecular weight excluding hydrogens is 324 g/mol. The lowest BCUT2D eigenvalue weighted by Gasteiger charge is -2.17. The number of hydrogen-bond donors (Lipinski definition) is 2. The highest BCUT2D eigenvalue weighted by Crippen LogP contribution is 2.39. The van der Waals surface area contributed by atoms with Gasteiger partial charge in [0, 0.05) is 12.1 Å². The van der Waals surface area contributed by atoms with Gasteiger partial charge in [-0.1, -0.05) is 13.3 Å². The van der Waals surface area contributed by atoms with Gasteiger partial charge < -0.3 is 19.5 Å². The van der Waals surface area contributed by atoms with Crippen molar-refractivity contribution in [1.29, 1.82) is 0 Å². The van der Waals surface area contributed by atoms with Crippen LogP contribution < -0.4 is 24.8 Å². The van der Waals surface area contributed by atoms with Crippen LogP contribution >= 0.6 is 0 Å². The fraction of sp³-hybridized carbons (Fsp3) is 0.556. The van der Waals surface area contributed by atoms with Crippen molar-refractivity contribution in [2.45, 2.75) is 40.5 Å². The Balaban J connectivity index is 3.00. The standard InChI is InChI=1S/C18H28N2O5/c1-5-9-10-19-18(22)20-17(21)13-11-14(23-6-2)16(25-8-4)15(12-13)24-7-3/h11-12H,5-10H2,1-4H3,(H2,19,20,21,22). The summed E-state index contributed by atoms with van der Waals surface area (Å²) < 4.78 is 16.7. The highest BCUT2D eigenvalue weighted by Gasteiger charge is 2.19. The van der Waals surface area contributed by atoms with Gasteiger partial charge in [-0.2, -0.15) is 0 Å². The average Bonchev–Trinajstić information content (AvgIpc) is 2.58. The molecule has 0 atom stereocenters. The van der Waals surface area contributed by atoms with Gasteiger partial charge in [0.15, 0.2) is 11.5 Å². The quantitative estimate of drug-likeness (QED) is 0.632. The van der Waals surface area contributed by atoms with Crippen molar-refractivity contribution >= 4 is 11.9 Å². The van der Waals surface area contributed by atoms with Crippen LogP contribution in [0, 0.1) is 0 Å². The number of imide groups is 1. The molecular formula is C18H28N2O5. The minimum atomic E-state index is -0.529. The molecule has 1 aromatic carbocycles. The van der Waals surface area contributed by atoms with Crippen LogP contribution in [0.3, 0.4) is 0 Å². The van der Waals surface area contributed by atoms with E-state index in [-0.39, 0.29) is 5.56 Å². The predicted molar refractivity (Wildman–Crippen MR) is 95.7 cm³/mol.